The summed E-state index contributed by atoms with van der Waals surface area (Å²) in [6.07, 6.45) is 4.04. The van der Waals surface area contributed by atoms with E-state index in [1.54, 1.807) is 25.2 Å². The first-order chi connectivity index (χ1) is 15.5. The first-order valence-corrected chi connectivity index (χ1v) is 12.2. The second-order valence-electron chi connectivity index (χ2n) is 8.37. The van der Waals surface area contributed by atoms with E-state index in [4.69, 9.17) is 10.7 Å². The minimum atomic E-state index is -4.03. The van der Waals surface area contributed by atoms with E-state index in [-0.39, 0.29) is 27.5 Å². The van der Waals surface area contributed by atoms with Crippen LogP contribution in [0.25, 0.3) is 21.8 Å². The number of benzene rings is 1. The molecule has 3 aromatic heterocycles. The van der Waals surface area contributed by atoms with Crippen LogP contribution in [0, 0.1) is 5.82 Å². The molecule has 0 radical (unpaired) electrons. The van der Waals surface area contributed by atoms with Crippen LogP contribution >= 0.6 is 11.3 Å². The Labute approximate surface area is 194 Å². The van der Waals surface area contributed by atoms with Gasteiger partial charge in [0.1, 0.15) is 4.90 Å². The summed E-state index contributed by atoms with van der Waals surface area (Å²) >= 11 is 1.38. The average Bonchev–Trinajstić information content (AvgIpc) is 3.36. The van der Waals surface area contributed by atoms with Crippen molar-refractivity contribution in [2.45, 2.75) is 31.1 Å². The van der Waals surface area contributed by atoms with E-state index in [1.807, 2.05) is 20.8 Å². The van der Waals surface area contributed by atoms with Gasteiger partial charge in [0.05, 0.1) is 33.2 Å². The minimum Gasteiger partial charge on any atom is -0.368 e. The van der Waals surface area contributed by atoms with Crippen molar-refractivity contribution in [2.24, 2.45) is 7.05 Å². The van der Waals surface area contributed by atoms with Gasteiger partial charge in [-0.25, -0.2) is 27.8 Å². The summed E-state index contributed by atoms with van der Waals surface area (Å²) in [5, 5.41) is 4.63. The minimum absolute atomic E-state index is 0.0735. The zero-order valence-corrected chi connectivity index (χ0v) is 20.0. The van der Waals surface area contributed by atoms with E-state index >= 15 is 4.39 Å². The molecule has 0 aliphatic rings. The van der Waals surface area contributed by atoms with Crippen molar-refractivity contribution in [3.8, 4) is 21.8 Å². The molecule has 1 aromatic carbocycles. The van der Waals surface area contributed by atoms with Gasteiger partial charge in [0.25, 0.3) is 10.0 Å². The van der Waals surface area contributed by atoms with Crippen molar-refractivity contribution in [3.05, 3.63) is 53.7 Å². The highest BCUT2D eigenvalue weighted by Crippen LogP contribution is 2.41. The summed E-state index contributed by atoms with van der Waals surface area (Å²) in [5.41, 5.74) is 6.26. The van der Waals surface area contributed by atoms with Gasteiger partial charge in [0.2, 0.25) is 5.95 Å². The molecule has 12 heteroatoms. The molecule has 9 nitrogen and oxygen atoms in total. The molecule has 0 amide bonds. The number of hydrogen-bond donors (Lipinski definition) is 2. The fraction of sp³-hybridized carbons (Fsp3) is 0.238. The van der Waals surface area contributed by atoms with Gasteiger partial charge in [-0.3, -0.25) is 9.40 Å². The molecule has 0 saturated carbocycles. The number of aromatic nitrogens is 5. The maximum Gasteiger partial charge on any atom is 0.265 e. The summed E-state index contributed by atoms with van der Waals surface area (Å²) in [6, 6.07) is 6.14. The Hall–Kier alpha value is -3.38. The fourth-order valence-corrected chi connectivity index (χ4v) is 5.18. The number of sulfonamides is 1. The smallest absolute Gasteiger partial charge is 0.265 e. The van der Waals surface area contributed by atoms with Gasteiger partial charge in [-0.05, 0) is 18.2 Å². The Kier molecular flexibility index (Phi) is 5.66. The normalized spacial score (nSPS) is 12.2. The molecule has 0 aliphatic heterocycles. The third-order valence-electron chi connectivity index (χ3n) is 4.67. The average molecular weight is 488 g/mol. The maximum atomic E-state index is 15.6. The number of nitrogen functional groups attached to an aromatic ring is 1. The van der Waals surface area contributed by atoms with Crippen LogP contribution in [0.15, 0.2) is 47.8 Å². The number of hydrogen-bond acceptors (Lipinski definition) is 8. The molecule has 3 heterocycles. The third kappa shape index (κ3) is 4.57. The van der Waals surface area contributed by atoms with E-state index in [0.717, 1.165) is 5.01 Å². The quantitative estimate of drug-likeness (QED) is 0.438. The topological polar surface area (TPSA) is 129 Å². The van der Waals surface area contributed by atoms with Crippen molar-refractivity contribution in [2.75, 3.05) is 10.5 Å². The lowest BCUT2D eigenvalue weighted by Crippen LogP contribution is -2.14. The Bertz CT molecular complexity index is 1440. The molecule has 3 N–H and O–H groups in total. The Morgan fingerprint density at radius 2 is 1.94 bits per heavy atom. The van der Waals surface area contributed by atoms with Crippen molar-refractivity contribution in [1.29, 1.82) is 0 Å². The molecule has 4 aromatic rings. The Balaban J connectivity index is 1.84. The SMILES string of the molecule is Cn1cc(S(=O)(=O)Nc2cccc(-c3nc(C(C)(C)C)sc3-c3ccnc(N)n3)c2F)cn1. The number of aryl methyl sites for hydroxylation is 1. The lowest BCUT2D eigenvalue weighted by atomic mass is 9.98. The van der Waals surface area contributed by atoms with Gasteiger partial charge in [-0.2, -0.15) is 5.10 Å². The highest BCUT2D eigenvalue weighted by atomic mass is 32.2. The first-order valence-electron chi connectivity index (χ1n) is 9.86. The van der Waals surface area contributed by atoms with Crippen LogP contribution in [-0.4, -0.2) is 33.2 Å². The molecule has 0 spiro atoms. The van der Waals surface area contributed by atoms with Crippen molar-refractivity contribution >= 4 is 33.0 Å². The number of nitrogens with one attached hydrogen (secondary N) is 1. The van der Waals surface area contributed by atoms with E-state index in [9.17, 15) is 8.42 Å². The monoisotopic (exact) mass is 487 g/mol. The first kappa shape index (κ1) is 22.8. The van der Waals surface area contributed by atoms with Gasteiger partial charge >= 0.3 is 0 Å². The number of rotatable bonds is 5. The van der Waals surface area contributed by atoms with Gasteiger partial charge in [0, 0.05) is 30.4 Å². The largest absolute Gasteiger partial charge is 0.368 e. The number of thiazole rings is 1. The Morgan fingerprint density at radius 3 is 2.58 bits per heavy atom. The van der Waals surface area contributed by atoms with E-state index < -0.39 is 15.8 Å². The predicted octanol–water partition coefficient (Wildman–Crippen LogP) is 3.82. The molecule has 0 bridgehead atoms. The molecular weight excluding hydrogens is 465 g/mol. The number of anilines is 2. The Morgan fingerprint density at radius 1 is 1.18 bits per heavy atom. The molecular formula is C21H22FN7O2S2. The second-order valence-corrected chi connectivity index (χ2v) is 11.1. The lowest BCUT2D eigenvalue weighted by Gasteiger charge is -2.13. The third-order valence-corrected chi connectivity index (χ3v) is 7.49. The highest BCUT2D eigenvalue weighted by Gasteiger charge is 2.27. The van der Waals surface area contributed by atoms with Crippen molar-refractivity contribution in [3.63, 3.8) is 0 Å². The summed E-state index contributed by atoms with van der Waals surface area (Å²) in [7, 11) is -2.43. The van der Waals surface area contributed by atoms with Crippen LogP contribution in [0.5, 0.6) is 0 Å². The zero-order valence-electron chi connectivity index (χ0n) is 18.4. The van der Waals surface area contributed by atoms with Gasteiger partial charge in [0.15, 0.2) is 5.82 Å². The lowest BCUT2D eigenvalue weighted by molar-refractivity contribution is 0.585. The van der Waals surface area contributed by atoms with Crippen LogP contribution in [0.4, 0.5) is 16.0 Å². The summed E-state index contributed by atoms with van der Waals surface area (Å²) in [4.78, 5) is 13.4. The molecule has 0 fully saturated rings. The molecule has 0 atom stereocenters. The van der Waals surface area contributed by atoms with Crippen LogP contribution in [0.2, 0.25) is 0 Å². The van der Waals surface area contributed by atoms with Crippen molar-refractivity contribution in [1.82, 2.24) is 24.7 Å². The summed E-state index contributed by atoms with van der Waals surface area (Å²) < 4.78 is 44.7. The number of nitrogens with two attached hydrogens (primary N) is 1. The molecule has 172 valence electrons. The van der Waals surface area contributed by atoms with E-state index in [2.05, 4.69) is 19.8 Å². The number of nitrogens with zero attached hydrogens (tertiary/aromatic N) is 5. The summed E-state index contributed by atoms with van der Waals surface area (Å²) in [5.74, 6) is -0.665. The summed E-state index contributed by atoms with van der Waals surface area (Å²) in [6.45, 7) is 6.01. The van der Waals surface area contributed by atoms with E-state index in [1.165, 1.54) is 40.7 Å². The standard InChI is InChI=1S/C21H22FN7O2S2/c1-21(2,3)19-27-17(18(32-19)15-8-9-24-20(23)26-15)13-6-5-7-14(16(13)22)28-33(30,31)12-10-25-29(4)11-12/h5-11,28H,1-4H3,(H2,23,24,26). The highest BCUT2D eigenvalue weighted by molar-refractivity contribution is 7.92. The number of halogens is 1. The molecule has 4 rings (SSSR count). The van der Waals surface area contributed by atoms with Gasteiger partial charge in [-0.1, -0.05) is 26.8 Å². The molecule has 0 saturated heterocycles. The predicted molar refractivity (Wildman–Crippen MR) is 126 cm³/mol. The second kappa shape index (κ2) is 8.19. The molecule has 0 aliphatic carbocycles. The van der Waals surface area contributed by atoms with Crippen LogP contribution in [-0.2, 0) is 22.5 Å². The van der Waals surface area contributed by atoms with Crippen LogP contribution in [0.3, 0.4) is 0 Å². The zero-order chi connectivity index (χ0) is 24.0. The van der Waals surface area contributed by atoms with Crippen LogP contribution < -0.4 is 10.5 Å². The van der Waals surface area contributed by atoms with Crippen LogP contribution in [0.1, 0.15) is 25.8 Å². The maximum absolute atomic E-state index is 15.6. The molecule has 33 heavy (non-hydrogen) atoms. The van der Waals surface area contributed by atoms with Gasteiger partial charge in [-0.15, -0.1) is 11.3 Å². The molecule has 0 unspecified atom stereocenters. The van der Waals surface area contributed by atoms with E-state index in [0.29, 0.717) is 16.3 Å². The fourth-order valence-electron chi connectivity index (χ4n) is 3.03. The van der Waals surface area contributed by atoms with Crippen molar-refractivity contribution < 1.29 is 12.8 Å². The van der Waals surface area contributed by atoms with Gasteiger partial charge < -0.3 is 5.73 Å².